The lowest BCUT2D eigenvalue weighted by atomic mass is 10.0. The summed E-state index contributed by atoms with van der Waals surface area (Å²) < 4.78 is 0. The minimum atomic E-state index is 0.205. The lowest BCUT2D eigenvalue weighted by molar-refractivity contribution is 0.399. The first-order valence-corrected chi connectivity index (χ1v) is 7.68. The zero-order chi connectivity index (χ0) is 13.8. The van der Waals surface area contributed by atoms with E-state index in [1.54, 1.807) is 0 Å². The minimum Gasteiger partial charge on any atom is -0.324 e. The number of nitrogens with one attached hydrogen (secondary N) is 1. The van der Waals surface area contributed by atoms with Crippen LogP contribution in [-0.4, -0.2) is 6.04 Å². The molecule has 2 nitrogen and oxygen atoms in total. The highest BCUT2D eigenvalue weighted by atomic mass is 15.0. The maximum atomic E-state index is 6.21. The predicted octanol–water partition coefficient (Wildman–Crippen LogP) is 3.94. The van der Waals surface area contributed by atoms with Gasteiger partial charge in [0, 0.05) is 18.1 Å². The van der Waals surface area contributed by atoms with Gasteiger partial charge in [-0.1, -0.05) is 51.0 Å². The van der Waals surface area contributed by atoms with Crippen molar-refractivity contribution in [3.63, 3.8) is 0 Å². The van der Waals surface area contributed by atoms with Gasteiger partial charge in [-0.2, -0.15) is 0 Å². The van der Waals surface area contributed by atoms with E-state index in [1.807, 2.05) is 0 Å². The fourth-order valence-electron chi connectivity index (χ4n) is 3.09. The van der Waals surface area contributed by atoms with Crippen LogP contribution in [0, 0.1) is 5.92 Å². The van der Waals surface area contributed by atoms with Crippen molar-refractivity contribution in [3.05, 3.63) is 35.4 Å². The Bertz CT molecular complexity index is 400. The molecule has 2 rings (SSSR count). The largest absolute Gasteiger partial charge is 0.324 e. The SMILES string of the molecule is CC(C)CCCC(C)NC1CC(N)c2ccccc21. The van der Waals surface area contributed by atoms with Crippen molar-refractivity contribution in [2.45, 2.75) is 64.6 Å². The normalized spacial score (nSPS) is 23.6. The minimum absolute atomic E-state index is 0.205. The molecular formula is C17H28N2. The van der Waals surface area contributed by atoms with Crippen LogP contribution in [0.15, 0.2) is 24.3 Å². The monoisotopic (exact) mass is 260 g/mol. The van der Waals surface area contributed by atoms with Gasteiger partial charge in [0.1, 0.15) is 0 Å². The van der Waals surface area contributed by atoms with Crippen molar-refractivity contribution >= 4 is 0 Å². The summed E-state index contributed by atoms with van der Waals surface area (Å²) in [6, 6.07) is 9.83. The van der Waals surface area contributed by atoms with E-state index in [2.05, 4.69) is 50.4 Å². The molecule has 19 heavy (non-hydrogen) atoms. The van der Waals surface area contributed by atoms with Crippen LogP contribution in [0.4, 0.5) is 0 Å². The van der Waals surface area contributed by atoms with Gasteiger partial charge in [0.05, 0.1) is 0 Å². The molecule has 1 aromatic carbocycles. The van der Waals surface area contributed by atoms with E-state index in [1.165, 1.54) is 30.4 Å². The molecule has 0 saturated heterocycles. The van der Waals surface area contributed by atoms with Crippen LogP contribution < -0.4 is 11.1 Å². The lowest BCUT2D eigenvalue weighted by Crippen LogP contribution is -2.29. The number of hydrogen-bond acceptors (Lipinski definition) is 2. The molecule has 3 atom stereocenters. The Labute approximate surface area is 117 Å². The molecule has 0 radical (unpaired) electrons. The third-order valence-corrected chi connectivity index (χ3v) is 4.16. The quantitative estimate of drug-likeness (QED) is 0.813. The number of nitrogens with two attached hydrogens (primary N) is 1. The van der Waals surface area contributed by atoms with E-state index >= 15 is 0 Å². The zero-order valence-electron chi connectivity index (χ0n) is 12.5. The molecule has 3 unspecified atom stereocenters. The lowest BCUT2D eigenvalue weighted by Gasteiger charge is -2.20. The maximum Gasteiger partial charge on any atom is 0.0343 e. The average Bonchev–Trinajstić information content (AvgIpc) is 2.66. The van der Waals surface area contributed by atoms with Gasteiger partial charge in [-0.3, -0.25) is 0 Å². The topological polar surface area (TPSA) is 38.0 Å². The van der Waals surface area contributed by atoms with Gasteiger partial charge in [-0.15, -0.1) is 0 Å². The van der Waals surface area contributed by atoms with Crippen LogP contribution in [0.2, 0.25) is 0 Å². The van der Waals surface area contributed by atoms with E-state index in [-0.39, 0.29) is 6.04 Å². The Morgan fingerprint density at radius 2 is 1.84 bits per heavy atom. The van der Waals surface area contributed by atoms with Crippen LogP contribution in [-0.2, 0) is 0 Å². The zero-order valence-corrected chi connectivity index (χ0v) is 12.5. The highest BCUT2D eigenvalue weighted by Gasteiger charge is 2.28. The Kier molecular flexibility index (Phi) is 5.00. The van der Waals surface area contributed by atoms with Crippen molar-refractivity contribution in [2.75, 3.05) is 0 Å². The van der Waals surface area contributed by atoms with E-state index < -0.39 is 0 Å². The molecule has 0 spiro atoms. The predicted molar refractivity (Wildman–Crippen MR) is 82.0 cm³/mol. The van der Waals surface area contributed by atoms with E-state index in [0.29, 0.717) is 12.1 Å². The molecule has 0 aliphatic heterocycles. The second-order valence-electron chi connectivity index (χ2n) is 6.42. The molecule has 1 aliphatic carbocycles. The maximum absolute atomic E-state index is 6.21. The van der Waals surface area contributed by atoms with Gasteiger partial charge >= 0.3 is 0 Å². The first-order chi connectivity index (χ1) is 9.08. The molecule has 3 N–H and O–H groups in total. The molecule has 1 aliphatic rings. The second kappa shape index (κ2) is 6.53. The van der Waals surface area contributed by atoms with Gasteiger partial charge in [-0.25, -0.2) is 0 Å². The number of rotatable bonds is 6. The molecule has 0 fully saturated rings. The molecule has 0 bridgehead atoms. The summed E-state index contributed by atoms with van der Waals surface area (Å²) in [6.07, 6.45) is 4.93. The van der Waals surface area contributed by atoms with Gasteiger partial charge < -0.3 is 11.1 Å². The summed E-state index contributed by atoms with van der Waals surface area (Å²) in [5.74, 6) is 0.813. The smallest absolute Gasteiger partial charge is 0.0343 e. The molecule has 2 heteroatoms. The van der Waals surface area contributed by atoms with Crippen molar-refractivity contribution < 1.29 is 0 Å². The van der Waals surface area contributed by atoms with Crippen LogP contribution in [0.5, 0.6) is 0 Å². The van der Waals surface area contributed by atoms with Gasteiger partial charge in [-0.05, 0) is 36.8 Å². The first-order valence-electron chi connectivity index (χ1n) is 7.68. The Morgan fingerprint density at radius 3 is 2.53 bits per heavy atom. The Morgan fingerprint density at radius 1 is 1.16 bits per heavy atom. The summed E-state index contributed by atoms with van der Waals surface area (Å²) in [4.78, 5) is 0. The third-order valence-electron chi connectivity index (χ3n) is 4.16. The summed E-state index contributed by atoms with van der Waals surface area (Å²) in [5.41, 5.74) is 8.95. The van der Waals surface area contributed by atoms with Crippen LogP contribution in [0.1, 0.15) is 69.7 Å². The molecule has 0 saturated carbocycles. The van der Waals surface area contributed by atoms with Crippen molar-refractivity contribution in [1.29, 1.82) is 0 Å². The van der Waals surface area contributed by atoms with Crippen molar-refractivity contribution in [1.82, 2.24) is 5.32 Å². The number of benzene rings is 1. The number of fused-ring (bicyclic) bond motifs is 1. The summed E-state index contributed by atoms with van der Waals surface area (Å²) in [7, 11) is 0. The van der Waals surface area contributed by atoms with E-state index in [0.717, 1.165) is 12.3 Å². The molecule has 1 aromatic rings. The summed E-state index contributed by atoms with van der Waals surface area (Å²) in [5, 5.41) is 3.76. The fraction of sp³-hybridized carbons (Fsp3) is 0.647. The summed E-state index contributed by atoms with van der Waals surface area (Å²) in [6.45, 7) is 6.89. The van der Waals surface area contributed by atoms with Crippen molar-refractivity contribution in [2.24, 2.45) is 11.7 Å². The van der Waals surface area contributed by atoms with Crippen molar-refractivity contribution in [3.8, 4) is 0 Å². The fourth-order valence-corrected chi connectivity index (χ4v) is 3.09. The molecular weight excluding hydrogens is 232 g/mol. The molecule has 0 amide bonds. The average molecular weight is 260 g/mol. The Hall–Kier alpha value is -0.860. The highest BCUT2D eigenvalue weighted by molar-refractivity contribution is 5.37. The van der Waals surface area contributed by atoms with Crippen LogP contribution in [0.25, 0.3) is 0 Å². The number of hydrogen-bond donors (Lipinski definition) is 2. The van der Waals surface area contributed by atoms with E-state index in [9.17, 15) is 0 Å². The van der Waals surface area contributed by atoms with Gasteiger partial charge in [0.2, 0.25) is 0 Å². The van der Waals surface area contributed by atoms with Gasteiger partial charge in [0.15, 0.2) is 0 Å². The molecule has 106 valence electrons. The Balaban J connectivity index is 1.87. The van der Waals surface area contributed by atoms with Crippen LogP contribution >= 0.6 is 0 Å². The van der Waals surface area contributed by atoms with Gasteiger partial charge in [0.25, 0.3) is 0 Å². The first kappa shape index (κ1) is 14.5. The third kappa shape index (κ3) is 3.80. The second-order valence-corrected chi connectivity index (χ2v) is 6.42. The van der Waals surface area contributed by atoms with Crippen LogP contribution in [0.3, 0.4) is 0 Å². The van der Waals surface area contributed by atoms with E-state index in [4.69, 9.17) is 5.73 Å². The summed E-state index contributed by atoms with van der Waals surface area (Å²) >= 11 is 0. The molecule has 0 heterocycles. The highest BCUT2D eigenvalue weighted by Crippen LogP contribution is 2.37. The standard InChI is InChI=1S/C17H28N2/c1-12(2)7-6-8-13(3)19-17-11-16(18)14-9-4-5-10-15(14)17/h4-5,9-10,12-13,16-17,19H,6-8,11,18H2,1-3H3. The molecule has 0 aromatic heterocycles.